The highest BCUT2D eigenvalue weighted by atomic mass is 16.5. The molecule has 3 aromatic heterocycles. The number of fused-ring (bicyclic) bond motifs is 2. The average molecular weight is 441 g/mol. The van der Waals surface area contributed by atoms with Crippen molar-refractivity contribution < 1.29 is 9.47 Å². The first kappa shape index (κ1) is 21.1. The molecule has 0 saturated heterocycles. The lowest BCUT2D eigenvalue weighted by Crippen LogP contribution is -2.16. The zero-order valence-electron chi connectivity index (χ0n) is 19.2. The minimum absolute atomic E-state index is 0.718. The van der Waals surface area contributed by atoms with E-state index in [-0.39, 0.29) is 0 Å². The molecule has 6 heteroatoms. The van der Waals surface area contributed by atoms with Gasteiger partial charge >= 0.3 is 0 Å². The molecular formula is C27H28N4O2. The molecule has 0 amide bonds. The summed E-state index contributed by atoms with van der Waals surface area (Å²) in [4.78, 5) is 8.09. The summed E-state index contributed by atoms with van der Waals surface area (Å²) in [6.45, 7) is 1.72. The summed E-state index contributed by atoms with van der Waals surface area (Å²) in [6.07, 6.45) is 5.01. The highest BCUT2D eigenvalue weighted by Gasteiger charge is 2.16. The maximum absolute atomic E-state index is 5.54. The van der Waals surface area contributed by atoms with Gasteiger partial charge in [-0.15, -0.1) is 0 Å². The molecule has 0 aliphatic heterocycles. The van der Waals surface area contributed by atoms with Crippen molar-refractivity contribution in [3.05, 3.63) is 78.1 Å². The van der Waals surface area contributed by atoms with E-state index < -0.39 is 0 Å². The summed E-state index contributed by atoms with van der Waals surface area (Å²) in [7, 11) is 5.36. The topological polar surface area (TPSA) is 64.1 Å². The fourth-order valence-corrected chi connectivity index (χ4v) is 4.40. The van der Waals surface area contributed by atoms with Crippen molar-refractivity contribution in [2.45, 2.75) is 13.0 Å². The third kappa shape index (κ3) is 4.05. The molecule has 33 heavy (non-hydrogen) atoms. The summed E-state index contributed by atoms with van der Waals surface area (Å²) in [6, 6.07) is 18.9. The molecule has 0 aliphatic rings. The lowest BCUT2D eigenvalue weighted by molar-refractivity contribution is 0.355. The Balaban J connectivity index is 1.44. The summed E-state index contributed by atoms with van der Waals surface area (Å²) in [5.74, 6) is 1.44. The molecule has 0 aliphatic carbocycles. The van der Waals surface area contributed by atoms with E-state index in [4.69, 9.17) is 9.47 Å². The number of aromatic amines is 1. The lowest BCUT2D eigenvalue weighted by Gasteiger charge is -2.08. The van der Waals surface area contributed by atoms with E-state index in [1.54, 1.807) is 14.2 Å². The second kappa shape index (κ2) is 9.00. The zero-order valence-corrected chi connectivity index (χ0v) is 19.2. The van der Waals surface area contributed by atoms with E-state index in [9.17, 15) is 0 Å². The first-order valence-corrected chi connectivity index (χ1v) is 11.1. The van der Waals surface area contributed by atoms with E-state index in [2.05, 4.69) is 68.5 Å². The van der Waals surface area contributed by atoms with Gasteiger partial charge < -0.3 is 24.3 Å². The van der Waals surface area contributed by atoms with Crippen LogP contribution in [0.1, 0.15) is 11.1 Å². The molecule has 0 unspecified atom stereocenters. The summed E-state index contributed by atoms with van der Waals surface area (Å²) >= 11 is 0. The van der Waals surface area contributed by atoms with Gasteiger partial charge in [0.2, 0.25) is 0 Å². The number of rotatable bonds is 8. The average Bonchev–Trinajstić information content (AvgIpc) is 3.42. The number of hydrogen-bond donors (Lipinski definition) is 2. The number of ether oxygens (including phenoxy) is 2. The predicted octanol–water partition coefficient (Wildman–Crippen LogP) is 5.07. The van der Waals surface area contributed by atoms with Gasteiger partial charge in [-0.2, -0.15) is 0 Å². The minimum Gasteiger partial charge on any atom is -0.493 e. The van der Waals surface area contributed by atoms with Crippen LogP contribution in [0.2, 0.25) is 0 Å². The van der Waals surface area contributed by atoms with Gasteiger partial charge in [0.05, 0.1) is 19.7 Å². The van der Waals surface area contributed by atoms with Crippen LogP contribution < -0.4 is 14.8 Å². The first-order chi connectivity index (χ1) is 16.2. The van der Waals surface area contributed by atoms with Crippen LogP contribution in [0.5, 0.6) is 11.5 Å². The van der Waals surface area contributed by atoms with Gasteiger partial charge in [-0.25, -0.2) is 4.98 Å². The third-order valence-corrected chi connectivity index (χ3v) is 6.16. The van der Waals surface area contributed by atoms with E-state index >= 15 is 0 Å². The van der Waals surface area contributed by atoms with Gasteiger partial charge in [0.25, 0.3) is 0 Å². The molecule has 0 atom stereocenters. The SMILES string of the molecule is COc1cc2c(-c3cc4c(CNCCc5ccccc5)ccnc4[nH]3)cn(C)c2cc1OC. The Morgan fingerprint density at radius 1 is 0.970 bits per heavy atom. The first-order valence-electron chi connectivity index (χ1n) is 11.1. The second-order valence-corrected chi connectivity index (χ2v) is 8.21. The van der Waals surface area contributed by atoms with Crippen molar-refractivity contribution >= 4 is 21.9 Å². The quantitative estimate of drug-likeness (QED) is 0.331. The Morgan fingerprint density at radius 3 is 2.55 bits per heavy atom. The van der Waals surface area contributed by atoms with E-state index in [0.717, 1.165) is 64.2 Å². The molecule has 6 nitrogen and oxygen atoms in total. The summed E-state index contributed by atoms with van der Waals surface area (Å²) in [5.41, 5.74) is 6.69. The van der Waals surface area contributed by atoms with Crippen LogP contribution in [0.25, 0.3) is 33.2 Å². The van der Waals surface area contributed by atoms with Crippen molar-refractivity contribution in [2.75, 3.05) is 20.8 Å². The van der Waals surface area contributed by atoms with Gasteiger partial charge in [-0.05, 0) is 42.3 Å². The van der Waals surface area contributed by atoms with E-state index in [1.165, 1.54) is 11.1 Å². The Morgan fingerprint density at radius 2 is 1.76 bits per heavy atom. The number of H-pyrrole nitrogens is 1. The maximum atomic E-state index is 5.54. The van der Waals surface area contributed by atoms with Crippen molar-refractivity contribution in [2.24, 2.45) is 7.05 Å². The normalized spacial score (nSPS) is 11.4. The van der Waals surface area contributed by atoms with Crippen LogP contribution in [0.3, 0.4) is 0 Å². The fourth-order valence-electron chi connectivity index (χ4n) is 4.40. The van der Waals surface area contributed by atoms with Gasteiger partial charge in [0.1, 0.15) is 5.65 Å². The number of pyridine rings is 1. The molecule has 5 rings (SSSR count). The standard InChI is InChI=1S/C27H28N4O2/c1-31-17-22(21-14-25(32-2)26(33-3)15-24(21)31)23-13-20-19(10-12-29-27(20)30-23)16-28-11-9-18-7-5-4-6-8-18/h4-8,10,12-15,17,28H,9,11,16H2,1-3H3,(H,29,30). The maximum Gasteiger partial charge on any atom is 0.162 e. The molecule has 168 valence electrons. The van der Waals surface area contributed by atoms with Crippen LogP contribution in [0.4, 0.5) is 0 Å². The predicted molar refractivity (Wildman–Crippen MR) is 133 cm³/mol. The van der Waals surface area contributed by atoms with Gasteiger partial charge in [-0.1, -0.05) is 30.3 Å². The Hall–Kier alpha value is -3.77. The highest BCUT2D eigenvalue weighted by Crippen LogP contribution is 2.38. The van der Waals surface area contributed by atoms with E-state index in [1.807, 2.05) is 25.4 Å². The second-order valence-electron chi connectivity index (χ2n) is 8.21. The monoisotopic (exact) mass is 440 g/mol. The van der Waals surface area contributed by atoms with E-state index in [0.29, 0.717) is 0 Å². The molecule has 2 aromatic carbocycles. The number of aromatic nitrogens is 3. The molecular weight excluding hydrogens is 412 g/mol. The number of nitrogens with one attached hydrogen (secondary N) is 2. The minimum atomic E-state index is 0.718. The highest BCUT2D eigenvalue weighted by molar-refractivity contribution is 5.99. The smallest absolute Gasteiger partial charge is 0.162 e. The molecule has 5 aromatic rings. The Labute approximate surface area is 193 Å². The summed E-state index contributed by atoms with van der Waals surface area (Å²) < 4.78 is 13.1. The van der Waals surface area contributed by atoms with Crippen molar-refractivity contribution in [3.8, 4) is 22.8 Å². The van der Waals surface area contributed by atoms with Gasteiger partial charge in [0.15, 0.2) is 11.5 Å². The number of methoxy groups -OCH3 is 2. The third-order valence-electron chi connectivity index (χ3n) is 6.16. The Kier molecular flexibility index (Phi) is 5.75. The van der Waals surface area contributed by atoms with Crippen LogP contribution >= 0.6 is 0 Å². The van der Waals surface area contributed by atoms with Crippen LogP contribution in [0, 0.1) is 0 Å². The molecule has 0 radical (unpaired) electrons. The van der Waals surface area contributed by atoms with Gasteiger partial charge in [-0.3, -0.25) is 0 Å². The molecule has 0 spiro atoms. The zero-order chi connectivity index (χ0) is 22.8. The molecule has 0 bridgehead atoms. The summed E-state index contributed by atoms with van der Waals surface area (Å²) in [5, 5.41) is 5.81. The molecule has 3 heterocycles. The number of benzene rings is 2. The number of hydrogen-bond acceptors (Lipinski definition) is 4. The van der Waals surface area contributed by atoms with Crippen LogP contribution in [-0.2, 0) is 20.0 Å². The molecule has 0 saturated carbocycles. The number of aryl methyl sites for hydroxylation is 1. The number of nitrogens with zero attached hydrogens (tertiary/aromatic N) is 2. The van der Waals surface area contributed by atoms with Gasteiger partial charge in [0, 0.05) is 54.1 Å². The van der Waals surface area contributed by atoms with Crippen molar-refractivity contribution in [3.63, 3.8) is 0 Å². The van der Waals surface area contributed by atoms with Crippen molar-refractivity contribution in [1.82, 2.24) is 19.9 Å². The van der Waals surface area contributed by atoms with Crippen LogP contribution in [-0.4, -0.2) is 35.3 Å². The lowest BCUT2D eigenvalue weighted by atomic mass is 10.1. The fraction of sp³-hybridized carbons (Fsp3) is 0.222. The Bertz CT molecular complexity index is 1400. The largest absolute Gasteiger partial charge is 0.493 e. The van der Waals surface area contributed by atoms with Crippen molar-refractivity contribution in [1.29, 1.82) is 0 Å². The molecule has 0 fully saturated rings. The van der Waals surface area contributed by atoms with Crippen LogP contribution in [0.15, 0.2) is 67.0 Å². The molecule has 2 N–H and O–H groups in total.